The Morgan fingerprint density at radius 3 is 2.24 bits per heavy atom. The van der Waals surface area contributed by atoms with Gasteiger partial charge in [0.1, 0.15) is 0 Å². The van der Waals surface area contributed by atoms with Gasteiger partial charge >= 0.3 is 0 Å². The molecule has 0 aliphatic carbocycles. The number of benzene rings is 1. The van der Waals surface area contributed by atoms with Gasteiger partial charge in [0, 0.05) is 11.6 Å². The average Bonchev–Trinajstić information content (AvgIpc) is 2.87. The molecular weight excluding hydrogens is 254 g/mol. The molecule has 1 aliphatic rings. The molecule has 1 nitrogen and oxygen atoms in total. The molecule has 1 N–H and O–H groups in total. The Hall–Kier alpha value is -0.820. The maximum atomic E-state index is 4.09. The molecular formula is C20H33N. The molecule has 1 heteroatoms. The second kappa shape index (κ2) is 7.45. The predicted molar refractivity (Wildman–Crippen MR) is 92.4 cm³/mol. The summed E-state index contributed by atoms with van der Waals surface area (Å²) in [6, 6.07) is 11.6. The van der Waals surface area contributed by atoms with Gasteiger partial charge < -0.3 is 5.32 Å². The van der Waals surface area contributed by atoms with Crippen molar-refractivity contribution in [2.45, 2.75) is 77.8 Å². The third-order valence-corrected chi connectivity index (χ3v) is 5.59. The van der Waals surface area contributed by atoms with E-state index in [9.17, 15) is 0 Å². The van der Waals surface area contributed by atoms with E-state index in [4.69, 9.17) is 0 Å². The average molecular weight is 287 g/mol. The third-order valence-electron chi connectivity index (χ3n) is 5.59. The first-order valence-corrected chi connectivity index (χ1v) is 8.99. The molecule has 0 radical (unpaired) electrons. The lowest BCUT2D eigenvalue weighted by Crippen LogP contribution is -2.47. The Morgan fingerprint density at radius 2 is 1.71 bits per heavy atom. The maximum Gasteiger partial charge on any atom is 0.0328 e. The lowest BCUT2D eigenvalue weighted by Gasteiger charge is -2.39. The van der Waals surface area contributed by atoms with Crippen LogP contribution in [0.1, 0.15) is 77.8 Å². The van der Waals surface area contributed by atoms with E-state index in [1.807, 2.05) is 0 Å². The number of hydrogen-bond donors (Lipinski definition) is 1. The highest BCUT2D eigenvalue weighted by atomic mass is 15.1. The quantitative estimate of drug-likeness (QED) is 0.676. The van der Waals surface area contributed by atoms with E-state index in [0.29, 0.717) is 11.6 Å². The minimum Gasteiger partial charge on any atom is -0.304 e. The molecule has 1 aliphatic heterocycles. The molecule has 1 aromatic carbocycles. The molecule has 1 heterocycles. The van der Waals surface area contributed by atoms with Crippen LogP contribution in [0, 0.1) is 11.8 Å². The molecule has 1 unspecified atom stereocenters. The van der Waals surface area contributed by atoms with Crippen molar-refractivity contribution >= 4 is 0 Å². The van der Waals surface area contributed by atoms with Gasteiger partial charge in [0.15, 0.2) is 0 Å². The van der Waals surface area contributed by atoms with Crippen LogP contribution in [-0.2, 0) is 0 Å². The van der Waals surface area contributed by atoms with E-state index in [0.717, 1.165) is 11.8 Å². The first kappa shape index (κ1) is 16.5. The SMILES string of the molecule is CCCC1(CCC)N[C@H](c2ccccc2)C[C@H]1C(C)CC. The van der Waals surface area contributed by atoms with Crippen molar-refractivity contribution in [2.75, 3.05) is 0 Å². The summed E-state index contributed by atoms with van der Waals surface area (Å²) in [7, 11) is 0. The fourth-order valence-electron chi connectivity index (χ4n) is 4.49. The summed E-state index contributed by atoms with van der Waals surface area (Å²) in [5.74, 6) is 1.62. The fraction of sp³-hybridized carbons (Fsp3) is 0.700. The van der Waals surface area contributed by atoms with Crippen LogP contribution >= 0.6 is 0 Å². The van der Waals surface area contributed by atoms with Crippen LogP contribution in [0.5, 0.6) is 0 Å². The monoisotopic (exact) mass is 287 g/mol. The van der Waals surface area contributed by atoms with Gasteiger partial charge in [-0.05, 0) is 36.7 Å². The molecule has 0 bridgehead atoms. The van der Waals surface area contributed by atoms with Crippen molar-refractivity contribution in [2.24, 2.45) is 11.8 Å². The van der Waals surface area contributed by atoms with E-state index in [-0.39, 0.29) is 0 Å². The van der Waals surface area contributed by atoms with Gasteiger partial charge in [0.25, 0.3) is 0 Å². The van der Waals surface area contributed by atoms with Crippen molar-refractivity contribution in [3.05, 3.63) is 35.9 Å². The molecule has 0 amide bonds. The summed E-state index contributed by atoms with van der Waals surface area (Å²) in [6.45, 7) is 9.48. The standard InChI is InChI=1S/C20H33N/c1-5-13-20(14-6-2)18(16(4)7-3)15-19(21-20)17-11-9-8-10-12-17/h8-12,16,18-19,21H,5-7,13-15H2,1-4H3/t16?,18-,19-/m0/s1. The summed E-state index contributed by atoms with van der Waals surface area (Å²) in [5, 5.41) is 4.09. The van der Waals surface area contributed by atoms with Crippen LogP contribution in [0.25, 0.3) is 0 Å². The number of nitrogens with one attached hydrogen (secondary N) is 1. The normalized spacial score (nSPS) is 25.9. The summed E-state index contributed by atoms with van der Waals surface area (Å²) < 4.78 is 0. The highest BCUT2D eigenvalue weighted by Gasteiger charge is 2.47. The van der Waals surface area contributed by atoms with Gasteiger partial charge in [-0.3, -0.25) is 0 Å². The Kier molecular flexibility index (Phi) is 5.87. The highest BCUT2D eigenvalue weighted by Crippen LogP contribution is 2.47. The van der Waals surface area contributed by atoms with Crippen molar-refractivity contribution in [1.29, 1.82) is 0 Å². The zero-order valence-electron chi connectivity index (χ0n) is 14.4. The first-order valence-electron chi connectivity index (χ1n) is 8.99. The first-order chi connectivity index (χ1) is 10.2. The van der Waals surface area contributed by atoms with Crippen LogP contribution in [-0.4, -0.2) is 5.54 Å². The maximum absolute atomic E-state index is 4.09. The van der Waals surface area contributed by atoms with E-state index in [2.05, 4.69) is 63.3 Å². The van der Waals surface area contributed by atoms with Crippen molar-refractivity contribution in [3.8, 4) is 0 Å². The van der Waals surface area contributed by atoms with Gasteiger partial charge in [-0.15, -0.1) is 0 Å². The molecule has 1 fully saturated rings. The minimum atomic E-state index is 0.361. The summed E-state index contributed by atoms with van der Waals surface area (Å²) in [6.07, 6.45) is 7.79. The summed E-state index contributed by atoms with van der Waals surface area (Å²) in [4.78, 5) is 0. The van der Waals surface area contributed by atoms with E-state index >= 15 is 0 Å². The second-order valence-corrected chi connectivity index (χ2v) is 6.99. The minimum absolute atomic E-state index is 0.361. The molecule has 118 valence electrons. The number of rotatable bonds is 7. The molecule has 2 rings (SSSR count). The van der Waals surface area contributed by atoms with Gasteiger partial charge in [-0.25, -0.2) is 0 Å². The molecule has 1 aromatic rings. The van der Waals surface area contributed by atoms with Crippen LogP contribution < -0.4 is 5.32 Å². The summed E-state index contributed by atoms with van der Waals surface area (Å²) in [5.41, 5.74) is 1.83. The zero-order valence-corrected chi connectivity index (χ0v) is 14.4. The lowest BCUT2D eigenvalue weighted by atomic mass is 9.71. The Morgan fingerprint density at radius 1 is 1.10 bits per heavy atom. The Labute approximate surface area is 131 Å². The topological polar surface area (TPSA) is 12.0 Å². The smallest absolute Gasteiger partial charge is 0.0328 e. The Bertz CT molecular complexity index is 405. The van der Waals surface area contributed by atoms with Gasteiger partial charge in [0.05, 0.1) is 0 Å². The van der Waals surface area contributed by atoms with Crippen LogP contribution in [0.2, 0.25) is 0 Å². The third kappa shape index (κ3) is 3.51. The Balaban J connectivity index is 2.27. The van der Waals surface area contributed by atoms with Crippen molar-refractivity contribution < 1.29 is 0 Å². The largest absolute Gasteiger partial charge is 0.304 e. The second-order valence-electron chi connectivity index (χ2n) is 6.99. The van der Waals surface area contributed by atoms with Gasteiger partial charge in [0.2, 0.25) is 0 Å². The van der Waals surface area contributed by atoms with E-state index in [1.165, 1.54) is 44.1 Å². The fourth-order valence-corrected chi connectivity index (χ4v) is 4.49. The predicted octanol–water partition coefficient (Wildman–Crippen LogP) is 5.72. The lowest BCUT2D eigenvalue weighted by molar-refractivity contribution is 0.174. The van der Waals surface area contributed by atoms with E-state index < -0.39 is 0 Å². The van der Waals surface area contributed by atoms with Gasteiger partial charge in [-0.1, -0.05) is 77.3 Å². The van der Waals surface area contributed by atoms with Crippen LogP contribution in [0.15, 0.2) is 30.3 Å². The number of hydrogen-bond acceptors (Lipinski definition) is 1. The molecule has 0 spiro atoms. The molecule has 0 saturated carbocycles. The zero-order chi connectivity index (χ0) is 15.3. The molecule has 0 aromatic heterocycles. The van der Waals surface area contributed by atoms with Crippen LogP contribution in [0.3, 0.4) is 0 Å². The van der Waals surface area contributed by atoms with Gasteiger partial charge in [-0.2, -0.15) is 0 Å². The summed E-state index contributed by atoms with van der Waals surface area (Å²) >= 11 is 0. The van der Waals surface area contributed by atoms with E-state index in [1.54, 1.807) is 0 Å². The highest BCUT2D eigenvalue weighted by molar-refractivity contribution is 5.22. The van der Waals surface area contributed by atoms with Crippen molar-refractivity contribution in [1.82, 2.24) is 5.32 Å². The molecule has 21 heavy (non-hydrogen) atoms. The molecule has 3 atom stereocenters. The van der Waals surface area contributed by atoms with Crippen molar-refractivity contribution in [3.63, 3.8) is 0 Å². The molecule has 1 saturated heterocycles. The van der Waals surface area contributed by atoms with Crippen LogP contribution in [0.4, 0.5) is 0 Å².